The van der Waals surface area contributed by atoms with E-state index in [-0.39, 0.29) is 5.91 Å². The molecule has 0 unspecified atom stereocenters. The Bertz CT molecular complexity index is 508. The van der Waals surface area contributed by atoms with Crippen LogP contribution in [0.25, 0.3) is 0 Å². The first-order valence-corrected chi connectivity index (χ1v) is 7.93. The predicted molar refractivity (Wildman–Crippen MR) is 68.8 cm³/mol. The van der Waals surface area contributed by atoms with Crippen molar-refractivity contribution in [1.29, 1.82) is 0 Å². The van der Waals surface area contributed by atoms with E-state index in [1.54, 1.807) is 6.92 Å². The number of para-hydroxylation sites is 1. The standard InChI is InChI=1S/C10H11NO.Cl2O2S/c1-8(12)11-7-6-9-4-2-3-5-10(9)11;1-5(2,3)4/h2-5H,6-7H2,1H3;. The second-order valence-electron chi connectivity index (χ2n) is 3.43. The summed E-state index contributed by atoms with van der Waals surface area (Å²) in [5, 5.41) is 0. The summed E-state index contributed by atoms with van der Waals surface area (Å²) >= 11 is 0. The van der Waals surface area contributed by atoms with Gasteiger partial charge in [0.2, 0.25) is 5.91 Å². The lowest BCUT2D eigenvalue weighted by Crippen LogP contribution is -2.25. The van der Waals surface area contributed by atoms with E-state index in [0.717, 1.165) is 18.7 Å². The Balaban J connectivity index is 0.000000249. The second kappa shape index (κ2) is 5.71. The van der Waals surface area contributed by atoms with Crippen molar-refractivity contribution in [2.24, 2.45) is 0 Å². The monoisotopic (exact) mass is 295 g/mol. The third kappa shape index (κ3) is 4.93. The summed E-state index contributed by atoms with van der Waals surface area (Å²) in [6.45, 7) is 2.46. The number of rotatable bonds is 0. The number of halogens is 2. The van der Waals surface area contributed by atoms with Crippen LogP contribution in [-0.2, 0) is 19.5 Å². The van der Waals surface area contributed by atoms with Gasteiger partial charge in [0.15, 0.2) is 0 Å². The van der Waals surface area contributed by atoms with Gasteiger partial charge in [-0.05, 0) is 18.1 Å². The zero-order valence-corrected chi connectivity index (χ0v) is 11.4. The largest absolute Gasteiger partial charge is 0.317 e. The second-order valence-corrected chi connectivity index (χ2v) is 7.10. The molecule has 0 bridgehead atoms. The molecule has 0 saturated heterocycles. The van der Waals surface area contributed by atoms with Gasteiger partial charge in [0.05, 0.1) is 0 Å². The summed E-state index contributed by atoms with van der Waals surface area (Å²) in [6.07, 6.45) is 0.996. The molecule has 94 valence electrons. The van der Waals surface area contributed by atoms with E-state index in [0.29, 0.717) is 0 Å². The molecule has 1 aliphatic heterocycles. The Labute approximate surface area is 109 Å². The van der Waals surface area contributed by atoms with Crippen LogP contribution in [-0.4, -0.2) is 20.9 Å². The van der Waals surface area contributed by atoms with Gasteiger partial charge < -0.3 is 4.90 Å². The summed E-state index contributed by atoms with van der Waals surface area (Å²) in [7, 11) is 4.81. The third-order valence-electron chi connectivity index (χ3n) is 2.27. The molecule has 0 spiro atoms. The number of nitrogens with zero attached hydrogens (tertiary/aromatic N) is 1. The molecule has 17 heavy (non-hydrogen) atoms. The molecule has 0 radical (unpaired) electrons. The molecule has 1 heterocycles. The van der Waals surface area contributed by atoms with Gasteiger partial charge in [0.25, 0.3) is 0 Å². The van der Waals surface area contributed by atoms with Crippen molar-refractivity contribution in [3.63, 3.8) is 0 Å². The van der Waals surface area contributed by atoms with Gasteiger partial charge in [0.1, 0.15) is 0 Å². The fourth-order valence-corrected chi connectivity index (χ4v) is 1.67. The average Bonchev–Trinajstić information content (AvgIpc) is 2.58. The first-order chi connectivity index (χ1) is 7.79. The zero-order valence-electron chi connectivity index (χ0n) is 9.06. The number of anilines is 1. The maximum absolute atomic E-state index is 11.1. The summed E-state index contributed by atoms with van der Waals surface area (Å²) in [6, 6.07) is 8.07. The van der Waals surface area contributed by atoms with E-state index in [4.69, 9.17) is 8.42 Å². The van der Waals surface area contributed by atoms with E-state index < -0.39 is 8.26 Å². The van der Waals surface area contributed by atoms with Gasteiger partial charge in [-0.1, -0.05) is 18.2 Å². The molecule has 1 amide bonds. The van der Waals surface area contributed by atoms with Gasteiger partial charge in [-0.3, -0.25) is 4.79 Å². The number of hydrogen-bond donors (Lipinski definition) is 0. The highest BCUT2D eigenvalue weighted by Crippen LogP contribution is 2.26. The molecule has 0 aromatic heterocycles. The predicted octanol–water partition coefficient (Wildman–Crippen LogP) is 2.30. The first kappa shape index (κ1) is 14.3. The minimum atomic E-state index is -3.72. The van der Waals surface area contributed by atoms with E-state index >= 15 is 0 Å². The Morgan fingerprint density at radius 1 is 1.29 bits per heavy atom. The molecular formula is C10H11Cl2NO3S. The van der Waals surface area contributed by atoms with E-state index in [2.05, 4.69) is 27.4 Å². The van der Waals surface area contributed by atoms with Crippen molar-refractivity contribution < 1.29 is 13.2 Å². The van der Waals surface area contributed by atoms with Crippen molar-refractivity contribution in [2.45, 2.75) is 13.3 Å². The highest BCUT2D eigenvalue weighted by molar-refractivity contribution is 8.31. The lowest BCUT2D eigenvalue weighted by Gasteiger charge is -2.13. The van der Waals surface area contributed by atoms with Crippen LogP contribution in [0, 0.1) is 0 Å². The van der Waals surface area contributed by atoms with Crippen LogP contribution in [0.5, 0.6) is 0 Å². The number of benzene rings is 1. The molecule has 2 rings (SSSR count). The molecule has 0 fully saturated rings. The summed E-state index contributed by atoms with van der Waals surface area (Å²) in [5.41, 5.74) is 2.37. The number of fused-ring (bicyclic) bond motifs is 1. The van der Waals surface area contributed by atoms with Crippen LogP contribution in [0.15, 0.2) is 24.3 Å². The highest BCUT2D eigenvalue weighted by Gasteiger charge is 2.20. The molecular weight excluding hydrogens is 285 g/mol. The molecule has 7 heteroatoms. The lowest BCUT2D eigenvalue weighted by molar-refractivity contribution is -0.116. The van der Waals surface area contributed by atoms with Gasteiger partial charge >= 0.3 is 8.26 Å². The topological polar surface area (TPSA) is 54.5 Å². The van der Waals surface area contributed by atoms with Gasteiger partial charge in [-0.2, -0.15) is 8.42 Å². The number of carbonyl (C=O) groups excluding carboxylic acids is 1. The van der Waals surface area contributed by atoms with Crippen molar-refractivity contribution in [3.05, 3.63) is 29.8 Å². The fraction of sp³-hybridized carbons (Fsp3) is 0.300. The van der Waals surface area contributed by atoms with Crippen LogP contribution in [0.1, 0.15) is 12.5 Å². The Hall–Kier alpha value is -0.780. The summed E-state index contributed by atoms with van der Waals surface area (Å²) in [5.74, 6) is 0.139. The first-order valence-electron chi connectivity index (χ1n) is 4.79. The van der Waals surface area contributed by atoms with Crippen LogP contribution < -0.4 is 4.90 Å². The van der Waals surface area contributed by atoms with Crippen molar-refractivity contribution in [3.8, 4) is 0 Å². The smallest absolute Gasteiger partial charge is 0.312 e. The van der Waals surface area contributed by atoms with Gasteiger partial charge in [-0.25, -0.2) is 0 Å². The van der Waals surface area contributed by atoms with Crippen LogP contribution in [0.2, 0.25) is 0 Å². The minimum absolute atomic E-state index is 0.139. The molecule has 0 aliphatic carbocycles. The van der Waals surface area contributed by atoms with Crippen molar-refractivity contribution >= 4 is 41.2 Å². The summed E-state index contributed by atoms with van der Waals surface area (Å²) in [4.78, 5) is 13.0. The quantitative estimate of drug-likeness (QED) is 0.690. The molecule has 1 aromatic rings. The number of carbonyl (C=O) groups is 1. The Morgan fingerprint density at radius 3 is 2.35 bits per heavy atom. The average molecular weight is 296 g/mol. The van der Waals surface area contributed by atoms with Gasteiger partial charge in [-0.15, -0.1) is 0 Å². The number of amides is 1. The van der Waals surface area contributed by atoms with Crippen molar-refractivity contribution in [2.75, 3.05) is 11.4 Å². The summed E-state index contributed by atoms with van der Waals surface area (Å²) < 4.78 is 18.3. The minimum Gasteiger partial charge on any atom is -0.312 e. The highest BCUT2D eigenvalue weighted by atomic mass is 36.0. The van der Waals surface area contributed by atoms with E-state index in [1.807, 2.05) is 23.1 Å². The molecule has 1 aliphatic rings. The van der Waals surface area contributed by atoms with Crippen LogP contribution in [0.3, 0.4) is 0 Å². The molecule has 4 nitrogen and oxygen atoms in total. The van der Waals surface area contributed by atoms with E-state index in [9.17, 15) is 4.79 Å². The molecule has 0 N–H and O–H groups in total. The van der Waals surface area contributed by atoms with E-state index in [1.165, 1.54) is 5.56 Å². The molecule has 1 aromatic carbocycles. The molecule has 0 saturated carbocycles. The van der Waals surface area contributed by atoms with Crippen molar-refractivity contribution in [1.82, 2.24) is 0 Å². The number of hydrogen-bond acceptors (Lipinski definition) is 3. The lowest BCUT2D eigenvalue weighted by atomic mass is 10.2. The maximum atomic E-state index is 11.1. The van der Waals surface area contributed by atoms with Crippen LogP contribution >= 0.6 is 21.4 Å². The normalized spacial score (nSPS) is 13.7. The third-order valence-corrected chi connectivity index (χ3v) is 2.27. The molecule has 0 atom stereocenters. The maximum Gasteiger partial charge on any atom is 0.317 e. The SMILES string of the molecule is CC(=O)N1CCc2ccccc21.O=S(=O)(Cl)Cl. The fourth-order valence-electron chi connectivity index (χ4n) is 1.67. The zero-order chi connectivity index (χ0) is 13.1. The van der Waals surface area contributed by atoms with Gasteiger partial charge in [0, 0.05) is 40.5 Å². The van der Waals surface area contributed by atoms with Crippen LogP contribution in [0.4, 0.5) is 5.69 Å². The Kier molecular flexibility index (Phi) is 4.80. The Morgan fingerprint density at radius 2 is 1.82 bits per heavy atom.